The highest BCUT2D eigenvalue weighted by Gasteiger charge is 2.06. The first-order chi connectivity index (χ1) is 8.63. The van der Waals surface area contributed by atoms with Gasteiger partial charge in [0.25, 0.3) is 0 Å². The zero-order chi connectivity index (χ0) is 13.1. The third-order valence-corrected chi connectivity index (χ3v) is 2.86. The van der Waals surface area contributed by atoms with Gasteiger partial charge in [0, 0.05) is 12.1 Å². The van der Waals surface area contributed by atoms with E-state index in [0.717, 1.165) is 28.5 Å². The molecule has 2 N–H and O–H groups in total. The zero-order valence-corrected chi connectivity index (χ0v) is 11.0. The molecule has 1 aromatic carbocycles. The van der Waals surface area contributed by atoms with Crippen LogP contribution in [0.15, 0.2) is 18.2 Å². The van der Waals surface area contributed by atoms with Gasteiger partial charge in [0.1, 0.15) is 17.4 Å². The molecule has 0 radical (unpaired) electrons. The van der Waals surface area contributed by atoms with Crippen molar-refractivity contribution in [2.45, 2.75) is 26.9 Å². The molecule has 0 aliphatic carbocycles. The van der Waals surface area contributed by atoms with E-state index in [0.29, 0.717) is 13.1 Å². The van der Waals surface area contributed by atoms with Crippen LogP contribution in [0.25, 0.3) is 0 Å². The molecule has 1 aromatic heterocycles. The lowest BCUT2D eigenvalue weighted by Gasteiger charge is -2.09. The molecule has 0 spiro atoms. The van der Waals surface area contributed by atoms with Crippen LogP contribution in [0, 0.1) is 13.8 Å². The number of ether oxygens (including phenoxy) is 1. The summed E-state index contributed by atoms with van der Waals surface area (Å²) < 4.78 is 7.14. The SMILES string of the molecule is COc1ccc(Cn2nc(C)nc2C)cc1CN. The number of rotatable bonds is 4. The van der Waals surface area contributed by atoms with E-state index < -0.39 is 0 Å². The molecule has 0 atom stereocenters. The van der Waals surface area contributed by atoms with E-state index in [2.05, 4.69) is 16.1 Å². The number of methoxy groups -OCH3 is 1. The van der Waals surface area contributed by atoms with Gasteiger partial charge in [-0.2, -0.15) is 5.10 Å². The first kappa shape index (κ1) is 12.6. The lowest BCUT2D eigenvalue weighted by molar-refractivity contribution is 0.409. The number of nitrogens with zero attached hydrogens (tertiary/aromatic N) is 3. The van der Waals surface area contributed by atoms with Crippen molar-refractivity contribution < 1.29 is 4.74 Å². The van der Waals surface area contributed by atoms with Crippen molar-refractivity contribution in [1.82, 2.24) is 14.8 Å². The normalized spacial score (nSPS) is 10.7. The fourth-order valence-corrected chi connectivity index (χ4v) is 1.97. The molecule has 18 heavy (non-hydrogen) atoms. The standard InChI is InChI=1S/C13H18N4O/c1-9-15-10(2)17(16-9)8-11-4-5-13(18-3)12(6-11)7-14/h4-6H,7-8,14H2,1-3H3. The summed E-state index contributed by atoms with van der Waals surface area (Å²) in [5.41, 5.74) is 7.85. The maximum absolute atomic E-state index is 5.71. The third-order valence-electron chi connectivity index (χ3n) is 2.86. The molecule has 2 rings (SSSR count). The predicted octanol–water partition coefficient (Wildman–Crippen LogP) is 1.41. The van der Waals surface area contributed by atoms with Crippen molar-refractivity contribution in [3.05, 3.63) is 41.0 Å². The highest BCUT2D eigenvalue weighted by Crippen LogP contribution is 2.19. The van der Waals surface area contributed by atoms with E-state index in [1.54, 1.807) is 7.11 Å². The molecule has 0 aliphatic heterocycles. The number of hydrogen-bond acceptors (Lipinski definition) is 4. The molecule has 0 saturated carbocycles. The van der Waals surface area contributed by atoms with Crippen LogP contribution in [0.1, 0.15) is 22.8 Å². The Balaban J connectivity index is 2.27. The topological polar surface area (TPSA) is 66.0 Å². The fourth-order valence-electron chi connectivity index (χ4n) is 1.97. The smallest absolute Gasteiger partial charge is 0.147 e. The molecule has 1 heterocycles. The Kier molecular flexibility index (Phi) is 3.62. The highest BCUT2D eigenvalue weighted by molar-refractivity contribution is 5.37. The van der Waals surface area contributed by atoms with Crippen molar-refractivity contribution in [3.8, 4) is 5.75 Å². The summed E-state index contributed by atoms with van der Waals surface area (Å²) in [5.74, 6) is 2.53. The summed E-state index contributed by atoms with van der Waals surface area (Å²) in [4.78, 5) is 4.29. The van der Waals surface area contributed by atoms with E-state index in [9.17, 15) is 0 Å². The number of aromatic nitrogens is 3. The molecule has 96 valence electrons. The molecule has 2 aromatic rings. The second-order valence-corrected chi connectivity index (χ2v) is 4.21. The molecule has 0 saturated heterocycles. The number of nitrogens with two attached hydrogens (primary N) is 1. The fraction of sp³-hybridized carbons (Fsp3) is 0.385. The van der Waals surface area contributed by atoms with Crippen molar-refractivity contribution >= 4 is 0 Å². The molecule has 0 aliphatic rings. The Labute approximate surface area is 107 Å². The molecule has 0 fully saturated rings. The van der Waals surface area contributed by atoms with E-state index in [4.69, 9.17) is 10.5 Å². The molecule has 5 heteroatoms. The minimum absolute atomic E-state index is 0.465. The summed E-state index contributed by atoms with van der Waals surface area (Å²) >= 11 is 0. The lowest BCUT2D eigenvalue weighted by atomic mass is 10.1. The molecule has 0 bridgehead atoms. The molecule has 0 amide bonds. The number of aryl methyl sites for hydroxylation is 2. The summed E-state index contributed by atoms with van der Waals surface area (Å²) in [6, 6.07) is 6.01. The van der Waals surface area contributed by atoms with E-state index >= 15 is 0 Å². The maximum atomic E-state index is 5.71. The van der Waals surface area contributed by atoms with Gasteiger partial charge in [-0.1, -0.05) is 6.07 Å². The average molecular weight is 246 g/mol. The Hall–Kier alpha value is -1.88. The summed E-state index contributed by atoms with van der Waals surface area (Å²) in [6.07, 6.45) is 0. The second kappa shape index (κ2) is 5.18. The molecular weight excluding hydrogens is 228 g/mol. The summed E-state index contributed by atoms with van der Waals surface area (Å²) in [6.45, 7) is 5.01. The number of hydrogen-bond donors (Lipinski definition) is 1. The highest BCUT2D eigenvalue weighted by atomic mass is 16.5. The summed E-state index contributed by atoms with van der Waals surface area (Å²) in [5, 5.41) is 4.35. The van der Waals surface area contributed by atoms with Crippen LogP contribution in [-0.2, 0) is 13.1 Å². The van der Waals surface area contributed by atoms with Gasteiger partial charge in [0.05, 0.1) is 13.7 Å². The Morgan fingerprint density at radius 1 is 1.33 bits per heavy atom. The van der Waals surface area contributed by atoms with Crippen LogP contribution in [0.5, 0.6) is 5.75 Å². The molecule has 5 nitrogen and oxygen atoms in total. The quantitative estimate of drug-likeness (QED) is 0.885. The van der Waals surface area contributed by atoms with Crippen LogP contribution in [0.2, 0.25) is 0 Å². The van der Waals surface area contributed by atoms with Crippen LogP contribution in [0.3, 0.4) is 0 Å². The monoisotopic (exact) mass is 246 g/mol. The van der Waals surface area contributed by atoms with Crippen LogP contribution in [-0.4, -0.2) is 21.9 Å². The van der Waals surface area contributed by atoms with E-state index in [1.807, 2.05) is 30.7 Å². The predicted molar refractivity (Wildman–Crippen MR) is 69.5 cm³/mol. The molecule has 0 unspecified atom stereocenters. The van der Waals surface area contributed by atoms with Crippen molar-refractivity contribution in [3.63, 3.8) is 0 Å². The van der Waals surface area contributed by atoms with Gasteiger partial charge in [-0.15, -0.1) is 0 Å². The maximum Gasteiger partial charge on any atom is 0.147 e. The van der Waals surface area contributed by atoms with Gasteiger partial charge in [-0.05, 0) is 31.5 Å². The Morgan fingerprint density at radius 3 is 2.67 bits per heavy atom. The zero-order valence-electron chi connectivity index (χ0n) is 11.0. The van der Waals surface area contributed by atoms with Crippen molar-refractivity contribution in [2.24, 2.45) is 5.73 Å². The van der Waals surface area contributed by atoms with Crippen LogP contribution < -0.4 is 10.5 Å². The Bertz CT molecular complexity index is 548. The Morgan fingerprint density at radius 2 is 2.11 bits per heavy atom. The molecular formula is C13H18N4O. The third kappa shape index (κ3) is 2.51. The lowest BCUT2D eigenvalue weighted by Crippen LogP contribution is -2.06. The minimum Gasteiger partial charge on any atom is -0.496 e. The average Bonchev–Trinajstić information content (AvgIpc) is 2.67. The van der Waals surface area contributed by atoms with Gasteiger partial charge in [0.2, 0.25) is 0 Å². The van der Waals surface area contributed by atoms with Gasteiger partial charge in [-0.3, -0.25) is 0 Å². The largest absolute Gasteiger partial charge is 0.496 e. The van der Waals surface area contributed by atoms with E-state index in [-0.39, 0.29) is 0 Å². The van der Waals surface area contributed by atoms with Gasteiger partial charge in [0.15, 0.2) is 0 Å². The van der Waals surface area contributed by atoms with Gasteiger partial charge < -0.3 is 10.5 Å². The van der Waals surface area contributed by atoms with Crippen LogP contribution >= 0.6 is 0 Å². The van der Waals surface area contributed by atoms with E-state index in [1.165, 1.54) is 0 Å². The van der Waals surface area contributed by atoms with Gasteiger partial charge in [-0.25, -0.2) is 9.67 Å². The first-order valence-electron chi connectivity index (χ1n) is 5.88. The van der Waals surface area contributed by atoms with Crippen LogP contribution in [0.4, 0.5) is 0 Å². The number of benzene rings is 1. The van der Waals surface area contributed by atoms with Gasteiger partial charge >= 0.3 is 0 Å². The summed E-state index contributed by atoms with van der Waals surface area (Å²) in [7, 11) is 1.65. The van der Waals surface area contributed by atoms with Crippen molar-refractivity contribution in [1.29, 1.82) is 0 Å². The van der Waals surface area contributed by atoms with Crippen molar-refractivity contribution in [2.75, 3.05) is 7.11 Å². The second-order valence-electron chi connectivity index (χ2n) is 4.21. The first-order valence-corrected chi connectivity index (χ1v) is 5.88. The minimum atomic E-state index is 0.465.